The highest BCUT2D eigenvalue weighted by atomic mass is 32.2. The van der Waals surface area contributed by atoms with E-state index in [1.54, 1.807) is 38.3 Å². The van der Waals surface area contributed by atoms with Gasteiger partial charge in [-0.2, -0.15) is 9.57 Å². The number of methoxy groups -OCH3 is 1. The van der Waals surface area contributed by atoms with Crippen LogP contribution in [0.15, 0.2) is 29.2 Å². The van der Waals surface area contributed by atoms with E-state index in [0.29, 0.717) is 49.3 Å². The Labute approximate surface area is 159 Å². The average Bonchev–Trinajstić information content (AvgIpc) is 2.67. The maximum atomic E-state index is 12.9. The molecule has 0 unspecified atom stereocenters. The van der Waals surface area contributed by atoms with Crippen molar-refractivity contribution in [1.82, 2.24) is 14.3 Å². The Morgan fingerprint density at radius 3 is 2.41 bits per heavy atom. The van der Waals surface area contributed by atoms with Gasteiger partial charge in [-0.25, -0.2) is 18.4 Å². The molecule has 2 aromatic rings. The summed E-state index contributed by atoms with van der Waals surface area (Å²) in [5, 5.41) is 9.06. The van der Waals surface area contributed by atoms with Crippen molar-refractivity contribution < 1.29 is 13.2 Å². The SMILES string of the molecule is COc1ccc(S(=O)(=O)N2CCN(c3nc(C)cc(C#N)n3)CC2)cc1C. The first-order valence-electron chi connectivity index (χ1n) is 8.50. The molecule has 0 radical (unpaired) electrons. The minimum Gasteiger partial charge on any atom is -0.496 e. The molecule has 0 N–H and O–H groups in total. The molecule has 0 spiro atoms. The number of nitriles is 1. The van der Waals surface area contributed by atoms with E-state index in [4.69, 9.17) is 10.00 Å². The van der Waals surface area contributed by atoms with Gasteiger partial charge in [-0.05, 0) is 43.7 Å². The molecule has 0 atom stereocenters. The van der Waals surface area contributed by atoms with Gasteiger partial charge in [-0.3, -0.25) is 0 Å². The number of nitrogens with zero attached hydrogens (tertiary/aromatic N) is 5. The number of ether oxygens (including phenoxy) is 1. The van der Waals surface area contributed by atoms with E-state index < -0.39 is 10.0 Å². The Balaban J connectivity index is 1.76. The Hall–Kier alpha value is -2.70. The van der Waals surface area contributed by atoms with Crippen LogP contribution in [0.3, 0.4) is 0 Å². The number of sulfonamides is 1. The van der Waals surface area contributed by atoms with E-state index in [1.165, 1.54) is 4.31 Å². The first kappa shape index (κ1) is 19.1. The largest absolute Gasteiger partial charge is 0.496 e. The monoisotopic (exact) mass is 387 g/mol. The molecular weight excluding hydrogens is 366 g/mol. The normalized spacial score (nSPS) is 15.4. The van der Waals surface area contributed by atoms with Crippen LogP contribution in [0.5, 0.6) is 5.75 Å². The van der Waals surface area contributed by atoms with Crippen LogP contribution in [0, 0.1) is 25.2 Å². The summed E-state index contributed by atoms with van der Waals surface area (Å²) < 4.78 is 32.5. The molecule has 3 rings (SSSR count). The lowest BCUT2D eigenvalue weighted by Gasteiger charge is -2.34. The topological polar surface area (TPSA) is 99.4 Å². The molecule has 0 saturated carbocycles. The summed E-state index contributed by atoms with van der Waals surface area (Å²) in [6.45, 7) is 5.20. The Kier molecular flexibility index (Phi) is 5.30. The van der Waals surface area contributed by atoms with Gasteiger partial charge in [0.1, 0.15) is 17.5 Å². The van der Waals surface area contributed by atoms with Gasteiger partial charge in [0.2, 0.25) is 16.0 Å². The molecule has 1 aliphatic heterocycles. The third-order valence-electron chi connectivity index (χ3n) is 4.48. The molecule has 0 bridgehead atoms. The van der Waals surface area contributed by atoms with Gasteiger partial charge in [0.05, 0.1) is 12.0 Å². The number of aryl methyl sites for hydroxylation is 2. The predicted molar refractivity (Wildman–Crippen MR) is 100 cm³/mol. The molecule has 9 heteroatoms. The van der Waals surface area contributed by atoms with Gasteiger partial charge in [0.25, 0.3) is 0 Å². The smallest absolute Gasteiger partial charge is 0.243 e. The summed E-state index contributed by atoms with van der Waals surface area (Å²) in [7, 11) is -2.02. The van der Waals surface area contributed by atoms with Crippen molar-refractivity contribution >= 4 is 16.0 Å². The van der Waals surface area contributed by atoms with E-state index in [-0.39, 0.29) is 4.90 Å². The second kappa shape index (κ2) is 7.50. The van der Waals surface area contributed by atoms with Crippen molar-refractivity contribution in [3.8, 4) is 11.8 Å². The molecule has 1 aliphatic rings. The van der Waals surface area contributed by atoms with Crippen LogP contribution in [0.1, 0.15) is 17.0 Å². The molecule has 8 nitrogen and oxygen atoms in total. The summed E-state index contributed by atoms with van der Waals surface area (Å²) in [5.74, 6) is 1.12. The van der Waals surface area contributed by atoms with Crippen LogP contribution < -0.4 is 9.64 Å². The summed E-state index contributed by atoms with van der Waals surface area (Å²) in [6.07, 6.45) is 0. The third kappa shape index (κ3) is 3.86. The fourth-order valence-corrected chi connectivity index (χ4v) is 4.55. The standard InChI is InChI=1S/C18H21N5O3S/c1-13-10-16(4-5-17(13)26-3)27(24,25)23-8-6-22(7-9-23)18-20-14(2)11-15(12-19)21-18/h4-5,10-11H,6-9H2,1-3H3. The first-order chi connectivity index (χ1) is 12.8. The number of aromatic nitrogens is 2. The minimum absolute atomic E-state index is 0.257. The Morgan fingerprint density at radius 1 is 1.11 bits per heavy atom. The molecule has 2 heterocycles. The Bertz CT molecular complexity index is 993. The van der Waals surface area contributed by atoms with E-state index in [1.807, 2.05) is 17.9 Å². The van der Waals surface area contributed by atoms with Gasteiger partial charge < -0.3 is 9.64 Å². The zero-order chi connectivity index (χ0) is 19.6. The number of anilines is 1. The summed E-state index contributed by atoms with van der Waals surface area (Å²) in [4.78, 5) is 10.7. The van der Waals surface area contributed by atoms with Crippen LogP contribution in [0.2, 0.25) is 0 Å². The molecule has 1 fully saturated rings. The second-order valence-corrected chi connectivity index (χ2v) is 8.27. The van der Waals surface area contributed by atoms with E-state index in [0.717, 1.165) is 5.56 Å². The maximum Gasteiger partial charge on any atom is 0.243 e. The predicted octanol–water partition coefficient (Wildman–Crippen LogP) is 1.48. The quantitative estimate of drug-likeness (QED) is 0.783. The van der Waals surface area contributed by atoms with Crippen molar-refractivity contribution in [1.29, 1.82) is 5.26 Å². The van der Waals surface area contributed by atoms with Gasteiger partial charge in [-0.1, -0.05) is 0 Å². The fraction of sp³-hybridized carbons (Fsp3) is 0.389. The first-order valence-corrected chi connectivity index (χ1v) is 9.94. The van der Waals surface area contributed by atoms with Crippen LogP contribution in [-0.4, -0.2) is 56.0 Å². The van der Waals surface area contributed by atoms with Crippen molar-refractivity contribution in [3.63, 3.8) is 0 Å². The fourth-order valence-electron chi connectivity index (χ4n) is 3.04. The lowest BCUT2D eigenvalue weighted by Crippen LogP contribution is -2.49. The molecule has 142 valence electrons. The highest BCUT2D eigenvalue weighted by Gasteiger charge is 2.29. The molecule has 0 aliphatic carbocycles. The zero-order valence-electron chi connectivity index (χ0n) is 15.5. The molecule has 1 saturated heterocycles. The van der Waals surface area contributed by atoms with Crippen LogP contribution in [-0.2, 0) is 10.0 Å². The van der Waals surface area contributed by atoms with Gasteiger partial charge in [0, 0.05) is 31.9 Å². The van der Waals surface area contributed by atoms with Crippen molar-refractivity contribution in [2.24, 2.45) is 0 Å². The molecular formula is C18H21N5O3S. The van der Waals surface area contributed by atoms with Gasteiger partial charge in [-0.15, -0.1) is 0 Å². The van der Waals surface area contributed by atoms with Crippen molar-refractivity contribution in [2.45, 2.75) is 18.7 Å². The van der Waals surface area contributed by atoms with Crippen molar-refractivity contribution in [3.05, 3.63) is 41.2 Å². The summed E-state index contributed by atoms with van der Waals surface area (Å²) in [6, 6.07) is 8.51. The highest BCUT2D eigenvalue weighted by molar-refractivity contribution is 7.89. The number of rotatable bonds is 4. The van der Waals surface area contributed by atoms with E-state index in [9.17, 15) is 8.42 Å². The molecule has 1 aromatic heterocycles. The lowest BCUT2D eigenvalue weighted by atomic mass is 10.2. The molecule has 1 aromatic carbocycles. The van der Waals surface area contributed by atoms with E-state index in [2.05, 4.69) is 9.97 Å². The summed E-state index contributed by atoms with van der Waals surface area (Å²) in [5.41, 5.74) is 1.79. The molecule has 0 amide bonds. The number of hydrogen-bond donors (Lipinski definition) is 0. The maximum absolute atomic E-state index is 12.9. The number of benzene rings is 1. The highest BCUT2D eigenvalue weighted by Crippen LogP contribution is 2.25. The third-order valence-corrected chi connectivity index (χ3v) is 6.38. The average molecular weight is 387 g/mol. The van der Waals surface area contributed by atoms with Gasteiger partial charge in [0.15, 0.2) is 0 Å². The zero-order valence-corrected chi connectivity index (χ0v) is 16.3. The Morgan fingerprint density at radius 2 is 1.81 bits per heavy atom. The van der Waals surface area contributed by atoms with Crippen LogP contribution >= 0.6 is 0 Å². The number of piperazine rings is 1. The minimum atomic E-state index is -3.58. The summed E-state index contributed by atoms with van der Waals surface area (Å²) >= 11 is 0. The van der Waals surface area contributed by atoms with Crippen LogP contribution in [0.4, 0.5) is 5.95 Å². The lowest BCUT2D eigenvalue weighted by molar-refractivity contribution is 0.382. The molecule has 27 heavy (non-hydrogen) atoms. The van der Waals surface area contributed by atoms with E-state index >= 15 is 0 Å². The van der Waals surface area contributed by atoms with Crippen molar-refractivity contribution in [2.75, 3.05) is 38.2 Å². The second-order valence-electron chi connectivity index (χ2n) is 6.33. The van der Waals surface area contributed by atoms with Gasteiger partial charge >= 0.3 is 0 Å². The van der Waals surface area contributed by atoms with Crippen LogP contribution in [0.25, 0.3) is 0 Å². The number of hydrogen-bond acceptors (Lipinski definition) is 7.